The summed E-state index contributed by atoms with van der Waals surface area (Å²) in [6.45, 7) is 4.80. The Bertz CT molecular complexity index is 273. The molecule has 2 saturated carbocycles. The summed E-state index contributed by atoms with van der Waals surface area (Å²) in [5.74, 6) is 0. The molecule has 0 aromatic heterocycles. The van der Waals surface area contributed by atoms with Crippen LogP contribution in [-0.2, 0) is 0 Å². The van der Waals surface area contributed by atoms with Crippen LogP contribution in [0, 0.1) is 5.41 Å². The molecule has 0 bridgehead atoms. The minimum atomic E-state index is 0.690. The van der Waals surface area contributed by atoms with E-state index in [0.29, 0.717) is 5.41 Å². The summed E-state index contributed by atoms with van der Waals surface area (Å²) in [5, 5.41) is 2.60. The van der Waals surface area contributed by atoms with Gasteiger partial charge in [-0.05, 0) is 57.8 Å². The van der Waals surface area contributed by atoms with Crippen molar-refractivity contribution in [2.24, 2.45) is 5.41 Å². The molecule has 1 N–H and O–H groups in total. The Morgan fingerprint density at radius 1 is 0.833 bits per heavy atom. The quantitative estimate of drug-likeness (QED) is 0.800. The molecule has 0 radical (unpaired) electrons. The van der Waals surface area contributed by atoms with Gasteiger partial charge in [0, 0.05) is 18.1 Å². The normalized spacial score (nSPS) is 40.7. The number of nitrogens with zero attached hydrogens (tertiary/aromatic N) is 1. The van der Waals surface area contributed by atoms with Crippen molar-refractivity contribution in [2.75, 3.05) is 0 Å². The maximum absolute atomic E-state index is 3.95. The van der Waals surface area contributed by atoms with Gasteiger partial charge in [0.1, 0.15) is 0 Å². The van der Waals surface area contributed by atoms with Gasteiger partial charge in [-0.15, -0.1) is 0 Å². The highest BCUT2D eigenvalue weighted by atomic mass is 15.5. The Hall–Kier alpha value is -0.0800. The van der Waals surface area contributed by atoms with E-state index in [4.69, 9.17) is 0 Å². The molecule has 0 aromatic rings. The van der Waals surface area contributed by atoms with E-state index >= 15 is 0 Å². The van der Waals surface area contributed by atoms with Crippen LogP contribution in [-0.4, -0.2) is 23.1 Å². The zero-order valence-electron chi connectivity index (χ0n) is 12.3. The fourth-order valence-electron chi connectivity index (χ4n) is 4.61. The first-order valence-corrected chi connectivity index (χ1v) is 8.26. The van der Waals surface area contributed by atoms with E-state index in [1.165, 1.54) is 64.2 Å². The second kappa shape index (κ2) is 5.13. The third kappa shape index (κ3) is 2.22. The molecular weight excluding hydrogens is 220 g/mol. The van der Waals surface area contributed by atoms with E-state index in [1.54, 1.807) is 0 Å². The summed E-state index contributed by atoms with van der Waals surface area (Å²) < 4.78 is 0. The Morgan fingerprint density at radius 2 is 1.50 bits per heavy atom. The lowest BCUT2D eigenvalue weighted by molar-refractivity contribution is -0.0602. The summed E-state index contributed by atoms with van der Waals surface area (Å²) in [6.07, 6.45) is 14.5. The fraction of sp³-hybridized carbons (Fsp3) is 1.00. The Balaban J connectivity index is 1.61. The summed E-state index contributed by atoms with van der Waals surface area (Å²) in [6, 6.07) is 2.26. The number of hydrogen-bond donors (Lipinski definition) is 1. The van der Waals surface area contributed by atoms with E-state index in [2.05, 4.69) is 24.3 Å². The van der Waals surface area contributed by atoms with Gasteiger partial charge >= 0.3 is 0 Å². The molecule has 3 atom stereocenters. The van der Waals surface area contributed by atoms with Crippen molar-refractivity contribution in [3.05, 3.63) is 0 Å². The highest BCUT2D eigenvalue weighted by molar-refractivity contribution is 5.01. The van der Waals surface area contributed by atoms with E-state index < -0.39 is 0 Å². The average molecular weight is 250 g/mol. The average Bonchev–Trinajstić information content (AvgIpc) is 2.38. The number of piperidine rings is 1. The molecule has 1 saturated heterocycles. The van der Waals surface area contributed by atoms with Crippen LogP contribution in [0.4, 0.5) is 0 Å². The van der Waals surface area contributed by atoms with Gasteiger partial charge < -0.3 is 0 Å². The van der Waals surface area contributed by atoms with Gasteiger partial charge in [-0.1, -0.05) is 25.7 Å². The minimum Gasteiger partial charge on any atom is -0.251 e. The zero-order chi connectivity index (χ0) is 12.6. The van der Waals surface area contributed by atoms with Crippen molar-refractivity contribution in [3.8, 4) is 0 Å². The molecule has 3 fully saturated rings. The van der Waals surface area contributed by atoms with Crippen LogP contribution in [0.1, 0.15) is 78.1 Å². The zero-order valence-corrected chi connectivity index (χ0v) is 12.3. The second-order valence-corrected chi connectivity index (χ2v) is 7.18. The first-order valence-electron chi connectivity index (χ1n) is 8.26. The molecule has 104 valence electrons. The number of nitrogens with one attached hydrogen (secondary N) is 1. The second-order valence-electron chi connectivity index (χ2n) is 7.18. The molecule has 0 amide bonds. The predicted molar refractivity (Wildman–Crippen MR) is 76.3 cm³/mol. The van der Waals surface area contributed by atoms with Gasteiger partial charge in [-0.25, -0.2) is 5.01 Å². The Labute approximate surface area is 112 Å². The maximum Gasteiger partial charge on any atom is 0.0272 e. The van der Waals surface area contributed by atoms with Crippen LogP contribution in [0.25, 0.3) is 0 Å². The summed E-state index contributed by atoms with van der Waals surface area (Å²) in [4.78, 5) is 0. The predicted octanol–water partition coefficient (Wildman–Crippen LogP) is 3.87. The Kier molecular flexibility index (Phi) is 3.68. The monoisotopic (exact) mass is 250 g/mol. The lowest BCUT2D eigenvalue weighted by atomic mass is 9.57. The van der Waals surface area contributed by atoms with E-state index in [1.807, 2.05) is 0 Å². The van der Waals surface area contributed by atoms with Crippen LogP contribution in [0.15, 0.2) is 0 Å². The van der Waals surface area contributed by atoms with Crippen LogP contribution >= 0.6 is 0 Å². The fourth-order valence-corrected chi connectivity index (χ4v) is 4.61. The number of rotatable bonds is 2. The SMILES string of the molecule is CC1CCCC(C)N1NC1CCC12CCCCC2. The molecule has 0 aromatic carbocycles. The first kappa shape index (κ1) is 12.9. The molecule has 18 heavy (non-hydrogen) atoms. The smallest absolute Gasteiger partial charge is 0.0272 e. The van der Waals surface area contributed by atoms with Crippen molar-refractivity contribution in [1.29, 1.82) is 0 Å². The van der Waals surface area contributed by atoms with E-state index in [9.17, 15) is 0 Å². The number of hydrogen-bond acceptors (Lipinski definition) is 2. The van der Waals surface area contributed by atoms with Gasteiger partial charge in [-0.2, -0.15) is 0 Å². The summed E-state index contributed by atoms with van der Waals surface area (Å²) >= 11 is 0. The van der Waals surface area contributed by atoms with Crippen molar-refractivity contribution >= 4 is 0 Å². The number of hydrazine groups is 1. The van der Waals surface area contributed by atoms with Crippen molar-refractivity contribution < 1.29 is 0 Å². The summed E-state index contributed by atoms with van der Waals surface area (Å²) in [7, 11) is 0. The van der Waals surface area contributed by atoms with Crippen LogP contribution in [0.3, 0.4) is 0 Å². The first-order chi connectivity index (χ1) is 8.71. The van der Waals surface area contributed by atoms with Crippen molar-refractivity contribution in [1.82, 2.24) is 10.4 Å². The van der Waals surface area contributed by atoms with Gasteiger partial charge in [0.15, 0.2) is 0 Å². The van der Waals surface area contributed by atoms with E-state index in [0.717, 1.165) is 18.1 Å². The third-order valence-corrected chi connectivity index (χ3v) is 6.02. The standard InChI is InChI=1S/C16H30N2/c1-13-7-6-8-14(2)18(13)17-15-9-12-16(15)10-4-3-5-11-16/h13-15,17H,3-12H2,1-2H3. The molecule has 2 heteroatoms. The van der Waals surface area contributed by atoms with Crippen molar-refractivity contribution in [2.45, 2.75) is 96.2 Å². The van der Waals surface area contributed by atoms with Crippen LogP contribution < -0.4 is 5.43 Å². The van der Waals surface area contributed by atoms with Gasteiger partial charge in [0.05, 0.1) is 0 Å². The molecule has 2 aliphatic carbocycles. The highest BCUT2D eigenvalue weighted by Crippen LogP contribution is 2.52. The summed E-state index contributed by atoms with van der Waals surface area (Å²) in [5.41, 5.74) is 4.64. The molecule has 3 unspecified atom stereocenters. The van der Waals surface area contributed by atoms with Gasteiger partial charge in [0.2, 0.25) is 0 Å². The Morgan fingerprint density at radius 3 is 2.06 bits per heavy atom. The van der Waals surface area contributed by atoms with Crippen molar-refractivity contribution in [3.63, 3.8) is 0 Å². The lowest BCUT2D eigenvalue weighted by Gasteiger charge is -2.55. The molecule has 1 aliphatic heterocycles. The largest absolute Gasteiger partial charge is 0.251 e. The minimum absolute atomic E-state index is 0.690. The van der Waals surface area contributed by atoms with Gasteiger partial charge in [0.25, 0.3) is 0 Å². The lowest BCUT2D eigenvalue weighted by Crippen LogP contribution is -2.63. The van der Waals surface area contributed by atoms with Gasteiger partial charge in [-0.3, -0.25) is 5.43 Å². The maximum atomic E-state index is 3.95. The van der Waals surface area contributed by atoms with Crippen LogP contribution in [0.5, 0.6) is 0 Å². The molecule has 1 heterocycles. The molecule has 3 aliphatic rings. The van der Waals surface area contributed by atoms with E-state index in [-0.39, 0.29) is 0 Å². The van der Waals surface area contributed by atoms with Crippen LogP contribution in [0.2, 0.25) is 0 Å². The molecular formula is C16H30N2. The molecule has 2 nitrogen and oxygen atoms in total. The highest BCUT2D eigenvalue weighted by Gasteiger charge is 2.48. The topological polar surface area (TPSA) is 15.3 Å². The third-order valence-electron chi connectivity index (χ3n) is 6.02. The molecule has 1 spiro atoms. The molecule has 3 rings (SSSR count).